The minimum Gasteiger partial charge on any atom is -0.491 e. The number of carbonyl (C=O) groups is 7. The molecule has 4 amide bonds. The Bertz CT molecular complexity index is 3830. The quantitative estimate of drug-likeness (QED) is 0.0187. The molecule has 0 aliphatic carbocycles. The molecule has 1 unspecified atom stereocenters. The Labute approximate surface area is 686 Å². The van der Waals surface area contributed by atoms with Gasteiger partial charge < -0.3 is 82.7 Å². The summed E-state index contributed by atoms with van der Waals surface area (Å²) in [6.45, 7) is 43.8. The Morgan fingerprint density at radius 3 is 1.52 bits per heavy atom. The van der Waals surface area contributed by atoms with Crippen molar-refractivity contribution in [3.63, 3.8) is 0 Å². The van der Waals surface area contributed by atoms with Crippen molar-refractivity contribution in [2.24, 2.45) is 0 Å². The van der Waals surface area contributed by atoms with Crippen molar-refractivity contribution in [1.82, 2.24) is 34.8 Å². The number of aryl methyl sites for hydroxylation is 1. The molecule has 1 aromatic heterocycles. The van der Waals surface area contributed by atoms with Crippen LogP contribution in [0.25, 0.3) is 0 Å². The molecule has 3 aromatic carbocycles. The van der Waals surface area contributed by atoms with Gasteiger partial charge in [-0.3, -0.25) is 48.4 Å². The average Bonchev–Trinajstić information content (AvgIpc) is 0.777. The fourth-order valence-electron chi connectivity index (χ4n) is 11.9. The van der Waals surface area contributed by atoms with E-state index in [0.717, 1.165) is 5.56 Å². The van der Waals surface area contributed by atoms with Crippen molar-refractivity contribution in [3.8, 4) is 17.2 Å². The van der Waals surface area contributed by atoms with Crippen LogP contribution >= 0.6 is 11.6 Å². The number of benzene rings is 3. The second kappa shape index (κ2) is 45.0. The number of rotatable bonds is 36. The predicted molar refractivity (Wildman–Crippen MR) is 443 cm³/mol. The lowest BCUT2D eigenvalue weighted by Gasteiger charge is -2.39. The monoisotopic (exact) mass is 1630 g/mol. The zero-order valence-electron chi connectivity index (χ0n) is 72.3. The van der Waals surface area contributed by atoms with E-state index in [1.807, 2.05) is 73.3 Å². The van der Waals surface area contributed by atoms with Gasteiger partial charge in [-0.1, -0.05) is 41.9 Å². The molecule has 1 saturated heterocycles. The summed E-state index contributed by atoms with van der Waals surface area (Å²) in [5, 5.41) is 11.7. The Kier molecular flexibility index (Phi) is 38.1. The predicted octanol–water partition coefficient (Wildman–Crippen LogP) is 11.6. The number of anilines is 2. The van der Waals surface area contributed by atoms with Gasteiger partial charge in [0.1, 0.15) is 59.3 Å². The van der Waals surface area contributed by atoms with E-state index >= 15 is 0 Å². The standard InChI is InChI=1S/C85H132ClN9O20/c1-59-52-95(54-65-66(86)27-24-28-68(65)107-46-48-110-80(5,6)7)76(101)74(90-78(103)89-67(51-69(96)111-81(8,9)10)61-25-23-26-64(50-61)106-45-47-109-79(2,3)4)75(59)108-44-43-105-42-41-104-40-33-87-77(102)88-62-31-29-60(30-32-62)49-63-53-93(57-72(99)114-84(17,18)19)37-36-91(55-70(97)112-82(11,12)13)34-35-92(56-71(98)113-83(14,15)16)38-39-94(63)58-73(100)115-85(20,21)22/h23-32,50,52,63,67H,33-49,51,53-58H2,1-22H3,(H2,87,88,102)(H2,89,90,103)/t63?,67-/m0/s1. The van der Waals surface area contributed by atoms with E-state index in [-0.39, 0.29) is 116 Å². The zero-order valence-corrected chi connectivity index (χ0v) is 73.1. The average molecular weight is 1640 g/mol. The molecule has 30 heteroatoms. The molecule has 0 radical (unpaired) electrons. The smallest absolute Gasteiger partial charge is 0.320 e. The molecule has 5 rings (SSSR count). The van der Waals surface area contributed by atoms with E-state index in [9.17, 15) is 38.4 Å². The Hall–Kier alpha value is -8.13. The lowest BCUT2D eigenvalue weighted by atomic mass is 10.0. The molecule has 2 heterocycles. The van der Waals surface area contributed by atoms with Crippen LogP contribution in [0.1, 0.15) is 180 Å². The van der Waals surface area contributed by atoms with E-state index in [1.165, 1.54) is 4.57 Å². The van der Waals surface area contributed by atoms with Crippen molar-refractivity contribution in [2.75, 3.05) is 149 Å². The highest BCUT2D eigenvalue weighted by Crippen LogP contribution is 2.32. The summed E-state index contributed by atoms with van der Waals surface area (Å²) in [4.78, 5) is 119. The second-order valence-electron chi connectivity index (χ2n) is 35.4. The van der Waals surface area contributed by atoms with Crippen LogP contribution in [0.5, 0.6) is 17.2 Å². The minimum absolute atomic E-state index is 0.0383. The summed E-state index contributed by atoms with van der Waals surface area (Å²) in [5.41, 5.74) is -2.62. The van der Waals surface area contributed by atoms with Gasteiger partial charge in [0.05, 0.1) is 96.0 Å². The van der Waals surface area contributed by atoms with Crippen LogP contribution in [0.3, 0.4) is 0 Å². The van der Waals surface area contributed by atoms with Crippen LogP contribution in [0, 0.1) is 6.92 Å². The topological polar surface area (TPSA) is 313 Å². The maximum atomic E-state index is 14.8. The largest absolute Gasteiger partial charge is 0.491 e. The van der Waals surface area contributed by atoms with E-state index < -0.39 is 93.2 Å². The fourth-order valence-corrected chi connectivity index (χ4v) is 12.1. The lowest BCUT2D eigenvalue weighted by molar-refractivity contribution is -0.160. The van der Waals surface area contributed by atoms with Crippen molar-refractivity contribution in [1.29, 1.82) is 0 Å². The number of urea groups is 2. The van der Waals surface area contributed by atoms with Crippen LogP contribution in [0.4, 0.5) is 21.0 Å². The fraction of sp³-hybridized carbons (Fsp3) is 0.647. The van der Waals surface area contributed by atoms with Crippen molar-refractivity contribution >= 4 is 64.9 Å². The number of nitrogens with zero attached hydrogens (tertiary/aromatic N) is 5. The summed E-state index contributed by atoms with van der Waals surface area (Å²) in [7, 11) is 0. The highest BCUT2D eigenvalue weighted by atomic mass is 35.5. The summed E-state index contributed by atoms with van der Waals surface area (Å²) in [6, 6.07) is 16.7. The number of nitrogens with one attached hydrogen (secondary N) is 4. The number of pyridine rings is 1. The van der Waals surface area contributed by atoms with Crippen LogP contribution < -0.4 is 41.0 Å². The van der Waals surface area contributed by atoms with Crippen molar-refractivity contribution < 1.29 is 90.4 Å². The second-order valence-corrected chi connectivity index (χ2v) is 35.8. The van der Waals surface area contributed by atoms with Gasteiger partial charge in [0.2, 0.25) is 0 Å². The molecule has 1 aliphatic rings. The molecular weight excluding hydrogens is 1500 g/mol. The molecule has 1 aliphatic heterocycles. The number of hydrogen-bond acceptors (Lipinski definition) is 24. The normalized spacial score (nSPS) is 15.2. The number of aromatic nitrogens is 1. The van der Waals surface area contributed by atoms with E-state index in [1.54, 1.807) is 172 Å². The maximum Gasteiger partial charge on any atom is 0.320 e. The van der Waals surface area contributed by atoms with Gasteiger partial charge >= 0.3 is 41.9 Å². The summed E-state index contributed by atoms with van der Waals surface area (Å²) >= 11 is 6.82. The first-order chi connectivity index (χ1) is 53.4. The van der Waals surface area contributed by atoms with Crippen LogP contribution in [0.2, 0.25) is 5.02 Å². The number of hydrogen-bond donors (Lipinski definition) is 4. The molecule has 4 N–H and O–H groups in total. The minimum atomic E-state index is -0.963. The highest BCUT2D eigenvalue weighted by molar-refractivity contribution is 6.31. The molecule has 115 heavy (non-hydrogen) atoms. The van der Waals surface area contributed by atoms with Gasteiger partial charge in [-0.05, 0) is 206 Å². The maximum absolute atomic E-state index is 14.8. The van der Waals surface area contributed by atoms with E-state index in [2.05, 4.69) is 21.3 Å². The lowest BCUT2D eigenvalue weighted by Crippen LogP contribution is -2.54. The molecular formula is C85H132ClN9O20. The first-order valence-electron chi connectivity index (χ1n) is 39.6. The van der Waals surface area contributed by atoms with Crippen LogP contribution in [-0.2, 0) is 79.6 Å². The number of esters is 5. The molecule has 0 saturated carbocycles. The number of carbonyl (C=O) groups excluding carboxylic acids is 7. The third-order valence-corrected chi connectivity index (χ3v) is 16.8. The summed E-state index contributed by atoms with van der Waals surface area (Å²) < 4.78 is 72.2. The molecule has 0 spiro atoms. The summed E-state index contributed by atoms with van der Waals surface area (Å²) in [6.07, 6.45) is 1.70. The Morgan fingerprint density at radius 1 is 0.496 bits per heavy atom. The number of amides is 4. The number of ether oxygens (including phenoxy) is 12. The van der Waals surface area contributed by atoms with E-state index in [4.69, 9.17) is 68.4 Å². The van der Waals surface area contributed by atoms with Gasteiger partial charge in [0, 0.05) is 86.4 Å². The third kappa shape index (κ3) is 41.0. The zero-order chi connectivity index (χ0) is 85.7. The highest BCUT2D eigenvalue weighted by Gasteiger charge is 2.33. The van der Waals surface area contributed by atoms with Gasteiger partial charge in [-0.15, -0.1) is 0 Å². The van der Waals surface area contributed by atoms with Crippen LogP contribution in [-0.4, -0.2) is 249 Å². The Morgan fingerprint density at radius 2 is 0.974 bits per heavy atom. The molecule has 2 atom stereocenters. The van der Waals surface area contributed by atoms with Crippen LogP contribution in [0.15, 0.2) is 77.7 Å². The van der Waals surface area contributed by atoms with Crippen molar-refractivity contribution in [3.05, 3.63) is 111 Å². The first-order valence-corrected chi connectivity index (χ1v) is 40.0. The molecule has 1 fully saturated rings. The molecule has 29 nitrogen and oxygen atoms in total. The molecule has 644 valence electrons. The third-order valence-electron chi connectivity index (χ3n) is 16.5. The first kappa shape index (κ1) is 97.4. The Balaban J connectivity index is 1.27. The van der Waals surface area contributed by atoms with E-state index in [0.29, 0.717) is 97.8 Å². The molecule has 0 bridgehead atoms. The van der Waals surface area contributed by atoms with Gasteiger partial charge in [0.15, 0.2) is 11.4 Å². The van der Waals surface area contributed by atoms with Gasteiger partial charge in [-0.2, -0.15) is 0 Å². The van der Waals surface area contributed by atoms with Gasteiger partial charge in [0.25, 0.3) is 5.56 Å². The summed E-state index contributed by atoms with van der Waals surface area (Å²) in [5.74, 6) is -1.35. The van der Waals surface area contributed by atoms with Gasteiger partial charge in [-0.25, -0.2) is 9.59 Å². The number of halogens is 1. The SMILES string of the molecule is Cc1cn(Cc2c(Cl)cccc2OCCOC(C)(C)C)c(=O)c(NC(=O)N[C@@H](CC(=O)OC(C)(C)C)c2cccc(OCCOC(C)(C)C)c2)c1OCCOCCOCCNC(=O)Nc1ccc(CC2CN(CC(=O)OC(C)(C)C)CCN(CC(=O)OC(C)(C)C)CCN(CC(=O)OC(C)(C)C)CCN2CC(=O)OC(C)(C)C)cc1. The molecule has 4 aromatic rings. The van der Waals surface area contributed by atoms with Crippen molar-refractivity contribution in [2.45, 2.75) is 223 Å².